The smallest absolute Gasteiger partial charge is 0.407 e. The molecule has 1 unspecified atom stereocenters. The van der Waals surface area contributed by atoms with Crippen LogP contribution in [0.2, 0.25) is 0 Å². The Morgan fingerprint density at radius 3 is 3.21 bits per heavy atom. The molecule has 9 nitrogen and oxygen atoms in total. The molecule has 3 N–H and O–H groups in total. The molecular weight excluding hydrogens is 312 g/mol. The molecule has 24 heavy (non-hydrogen) atoms. The van der Waals surface area contributed by atoms with Crippen LogP contribution < -0.4 is 5.32 Å². The molecule has 1 fully saturated rings. The predicted molar refractivity (Wildman–Crippen MR) is 85.6 cm³/mol. The summed E-state index contributed by atoms with van der Waals surface area (Å²) in [6.45, 7) is 1.01. The van der Waals surface area contributed by atoms with E-state index < -0.39 is 6.09 Å². The summed E-state index contributed by atoms with van der Waals surface area (Å²) in [6, 6.07) is 1.93. The molecule has 1 amide bonds. The van der Waals surface area contributed by atoms with E-state index in [9.17, 15) is 9.90 Å². The lowest BCUT2D eigenvalue weighted by atomic mass is 10.0. The number of likely N-dealkylation sites (tertiary alicyclic amines) is 1. The zero-order valence-corrected chi connectivity index (χ0v) is 12.8. The third-order valence-corrected chi connectivity index (χ3v) is 4.22. The quantitative estimate of drug-likeness (QED) is 0.673. The zero-order chi connectivity index (χ0) is 16.5. The Balaban J connectivity index is 1.71. The first kappa shape index (κ1) is 14.5. The van der Waals surface area contributed by atoms with Crippen molar-refractivity contribution in [2.45, 2.75) is 18.9 Å². The number of nitrogens with zero attached hydrogens (tertiary/aromatic N) is 4. The number of H-pyrrole nitrogens is 1. The lowest BCUT2D eigenvalue weighted by molar-refractivity contribution is 0.133. The van der Waals surface area contributed by atoms with Crippen molar-refractivity contribution in [3.63, 3.8) is 0 Å². The van der Waals surface area contributed by atoms with Crippen molar-refractivity contribution in [1.29, 1.82) is 0 Å². The Labute approximate surface area is 136 Å². The average molecular weight is 328 g/mol. The maximum atomic E-state index is 11.2. The van der Waals surface area contributed by atoms with Crippen molar-refractivity contribution < 1.29 is 14.3 Å². The molecule has 0 aromatic carbocycles. The van der Waals surface area contributed by atoms with E-state index >= 15 is 0 Å². The molecule has 1 aliphatic rings. The number of hydrogen-bond donors (Lipinski definition) is 3. The molecule has 0 aliphatic carbocycles. The van der Waals surface area contributed by atoms with E-state index in [-0.39, 0.29) is 6.04 Å². The number of piperidine rings is 1. The summed E-state index contributed by atoms with van der Waals surface area (Å²) >= 11 is 0. The van der Waals surface area contributed by atoms with Crippen LogP contribution in [0.4, 0.5) is 10.5 Å². The van der Waals surface area contributed by atoms with Gasteiger partial charge in [-0.25, -0.2) is 9.78 Å². The Kier molecular flexibility index (Phi) is 3.52. The number of anilines is 1. The number of hydrogen-bond acceptors (Lipinski definition) is 6. The summed E-state index contributed by atoms with van der Waals surface area (Å²) in [4.78, 5) is 20.1. The topological polar surface area (TPSA) is 120 Å². The first-order valence-electron chi connectivity index (χ1n) is 7.69. The number of nitrogens with one attached hydrogen (secondary N) is 2. The van der Waals surface area contributed by atoms with Gasteiger partial charge >= 0.3 is 6.09 Å². The molecule has 3 aromatic heterocycles. The molecule has 0 spiro atoms. The second-order valence-electron chi connectivity index (χ2n) is 5.74. The van der Waals surface area contributed by atoms with Crippen molar-refractivity contribution >= 4 is 22.8 Å². The van der Waals surface area contributed by atoms with Crippen molar-refractivity contribution in [2.75, 3.05) is 18.4 Å². The summed E-state index contributed by atoms with van der Waals surface area (Å²) in [5.41, 5.74) is 2.27. The van der Waals surface area contributed by atoms with Crippen molar-refractivity contribution in [3.05, 3.63) is 24.9 Å². The highest BCUT2D eigenvalue weighted by Gasteiger charge is 2.25. The number of amides is 1. The van der Waals surface area contributed by atoms with Crippen LogP contribution in [0.3, 0.4) is 0 Å². The van der Waals surface area contributed by atoms with Gasteiger partial charge in [0.05, 0.1) is 11.3 Å². The Bertz CT molecular complexity index is 859. The summed E-state index contributed by atoms with van der Waals surface area (Å²) < 4.78 is 5.32. The first-order valence-corrected chi connectivity index (χ1v) is 7.69. The van der Waals surface area contributed by atoms with Crippen LogP contribution in [0.25, 0.3) is 22.5 Å². The Morgan fingerprint density at radius 2 is 2.42 bits per heavy atom. The Morgan fingerprint density at radius 1 is 1.50 bits per heavy atom. The third-order valence-electron chi connectivity index (χ3n) is 4.22. The van der Waals surface area contributed by atoms with Crippen LogP contribution in [-0.4, -0.2) is 55.4 Å². The fourth-order valence-electron chi connectivity index (χ4n) is 3.09. The molecule has 0 saturated carbocycles. The summed E-state index contributed by atoms with van der Waals surface area (Å²) in [5.74, 6) is 0.374. The number of aromatic nitrogens is 4. The summed E-state index contributed by atoms with van der Waals surface area (Å²) in [6.07, 6.45) is 5.58. The minimum Gasteiger partial charge on any atom is -0.465 e. The second kappa shape index (κ2) is 5.84. The minimum absolute atomic E-state index is 0.0111. The van der Waals surface area contributed by atoms with Crippen LogP contribution in [-0.2, 0) is 0 Å². The van der Waals surface area contributed by atoms with E-state index in [1.54, 1.807) is 6.20 Å². The van der Waals surface area contributed by atoms with Gasteiger partial charge in [0.2, 0.25) is 6.39 Å². The molecule has 0 radical (unpaired) electrons. The van der Waals surface area contributed by atoms with Crippen molar-refractivity contribution in [1.82, 2.24) is 25.1 Å². The molecule has 1 aliphatic heterocycles. The fraction of sp³-hybridized carbons (Fsp3) is 0.333. The van der Waals surface area contributed by atoms with Gasteiger partial charge in [0.25, 0.3) is 5.89 Å². The highest BCUT2D eigenvalue weighted by molar-refractivity contribution is 5.97. The van der Waals surface area contributed by atoms with Crippen LogP contribution in [0.15, 0.2) is 29.3 Å². The van der Waals surface area contributed by atoms with E-state index in [4.69, 9.17) is 4.42 Å². The molecule has 1 atom stereocenters. The normalized spacial score (nSPS) is 18.0. The van der Waals surface area contributed by atoms with Crippen LogP contribution in [0.5, 0.6) is 0 Å². The lowest BCUT2D eigenvalue weighted by Crippen LogP contribution is -2.44. The van der Waals surface area contributed by atoms with Gasteiger partial charge < -0.3 is 24.7 Å². The highest BCUT2D eigenvalue weighted by Crippen LogP contribution is 2.33. The monoisotopic (exact) mass is 328 g/mol. The van der Waals surface area contributed by atoms with E-state index in [1.807, 2.05) is 12.3 Å². The number of fused-ring (bicyclic) bond motifs is 1. The molecule has 4 rings (SSSR count). The number of rotatable bonds is 3. The third kappa shape index (κ3) is 2.53. The Hall–Kier alpha value is -3.10. The van der Waals surface area contributed by atoms with Crippen LogP contribution in [0.1, 0.15) is 12.8 Å². The van der Waals surface area contributed by atoms with E-state index in [2.05, 4.69) is 25.5 Å². The molecular formula is C15H16N6O3. The van der Waals surface area contributed by atoms with Crippen LogP contribution in [0, 0.1) is 0 Å². The van der Waals surface area contributed by atoms with Crippen molar-refractivity contribution in [2.24, 2.45) is 0 Å². The van der Waals surface area contributed by atoms with Gasteiger partial charge in [0.15, 0.2) is 0 Å². The van der Waals surface area contributed by atoms with Gasteiger partial charge in [-0.1, -0.05) is 0 Å². The number of pyridine rings is 1. The summed E-state index contributed by atoms with van der Waals surface area (Å²) in [5, 5.41) is 21.3. The fourth-order valence-corrected chi connectivity index (χ4v) is 3.09. The minimum atomic E-state index is -0.889. The maximum Gasteiger partial charge on any atom is 0.407 e. The van der Waals surface area contributed by atoms with E-state index in [1.165, 1.54) is 11.3 Å². The SMILES string of the molecule is O=C(O)N1CCCC(Nc2c(-c3nnco3)cnc3[nH]ccc23)C1. The molecule has 3 aromatic rings. The summed E-state index contributed by atoms with van der Waals surface area (Å²) in [7, 11) is 0. The number of aromatic amines is 1. The van der Waals surface area contributed by atoms with Crippen molar-refractivity contribution in [3.8, 4) is 11.5 Å². The highest BCUT2D eigenvalue weighted by atomic mass is 16.4. The molecule has 124 valence electrons. The zero-order valence-electron chi connectivity index (χ0n) is 12.8. The number of carbonyl (C=O) groups is 1. The lowest BCUT2D eigenvalue weighted by Gasteiger charge is -2.32. The van der Waals surface area contributed by atoms with Crippen LogP contribution >= 0.6 is 0 Å². The average Bonchev–Trinajstić information content (AvgIpc) is 3.27. The van der Waals surface area contributed by atoms with Gasteiger partial charge in [-0.2, -0.15) is 0 Å². The number of carboxylic acid groups (broad SMARTS) is 1. The van der Waals surface area contributed by atoms with Gasteiger partial charge in [-0.3, -0.25) is 0 Å². The molecule has 9 heteroatoms. The van der Waals surface area contributed by atoms with Gasteiger partial charge in [0, 0.05) is 36.9 Å². The van der Waals surface area contributed by atoms with E-state index in [0.29, 0.717) is 24.5 Å². The standard InChI is InChI=1S/C15H16N6O3/c22-15(23)21-5-1-2-9(7-21)19-12-10-3-4-16-13(10)17-6-11(12)14-20-18-8-24-14/h3-4,6,8-9H,1-2,5,7H2,(H,22,23)(H2,16,17,19). The molecule has 1 saturated heterocycles. The first-order chi connectivity index (χ1) is 11.7. The van der Waals surface area contributed by atoms with Gasteiger partial charge in [0.1, 0.15) is 5.65 Å². The molecule has 4 heterocycles. The predicted octanol–water partition coefficient (Wildman–Crippen LogP) is 2.17. The largest absolute Gasteiger partial charge is 0.465 e. The second-order valence-corrected chi connectivity index (χ2v) is 5.74. The maximum absolute atomic E-state index is 11.2. The van der Waals surface area contributed by atoms with E-state index in [0.717, 1.165) is 29.6 Å². The van der Waals surface area contributed by atoms with Gasteiger partial charge in [-0.15, -0.1) is 10.2 Å². The molecule has 0 bridgehead atoms. The van der Waals surface area contributed by atoms with Gasteiger partial charge in [-0.05, 0) is 18.9 Å².